The van der Waals surface area contributed by atoms with Gasteiger partial charge in [0.15, 0.2) is 0 Å². The molecule has 180 valence electrons. The molecule has 3 atom stereocenters. The highest BCUT2D eigenvalue weighted by molar-refractivity contribution is 6.20. The SMILES string of the molecule is [B]OC(=O)[C@@H](CC=C)C(CC(C)C)C(=O)NC1N=C(c2ccccc2)c2ccccc2N(C)C1=O. The fraction of sp³-hybridized carbons (Fsp3) is 0.333. The molecule has 1 heterocycles. The number of para-hydroxylation sites is 1. The Bertz CT molecular complexity index is 1120. The zero-order valence-electron chi connectivity index (χ0n) is 20.3. The molecule has 0 aliphatic carbocycles. The van der Waals surface area contributed by atoms with Crippen LogP contribution in [-0.4, -0.2) is 44.8 Å². The number of likely N-dealkylation sites (N-methyl/N-ethyl adjacent to an activating group) is 1. The van der Waals surface area contributed by atoms with Gasteiger partial charge in [-0.05, 0) is 24.8 Å². The Morgan fingerprint density at radius 3 is 2.43 bits per heavy atom. The van der Waals surface area contributed by atoms with E-state index in [2.05, 4.69) is 16.6 Å². The molecule has 8 heteroatoms. The first kappa shape index (κ1) is 25.9. The van der Waals surface area contributed by atoms with E-state index in [0.29, 0.717) is 17.8 Å². The normalized spacial score (nSPS) is 17.0. The smallest absolute Gasteiger partial charge is 0.378 e. The number of rotatable bonds is 9. The number of allylic oxidation sites excluding steroid dienone is 1. The van der Waals surface area contributed by atoms with Gasteiger partial charge in [-0.3, -0.25) is 14.4 Å². The van der Waals surface area contributed by atoms with Crippen molar-refractivity contribution in [2.24, 2.45) is 22.7 Å². The molecule has 35 heavy (non-hydrogen) atoms. The minimum absolute atomic E-state index is 0.101. The highest BCUT2D eigenvalue weighted by Crippen LogP contribution is 2.29. The first-order valence-electron chi connectivity index (χ1n) is 11.6. The third-order valence-electron chi connectivity index (χ3n) is 6.06. The lowest BCUT2D eigenvalue weighted by molar-refractivity contribution is -0.145. The number of carbonyl (C=O) groups excluding carboxylic acids is 3. The Labute approximate surface area is 207 Å². The van der Waals surface area contributed by atoms with Gasteiger partial charge in [0.25, 0.3) is 11.9 Å². The first-order chi connectivity index (χ1) is 16.8. The second kappa shape index (κ2) is 11.6. The van der Waals surface area contributed by atoms with E-state index in [1.54, 1.807) is 13.1 Å². The van der Waals surface area contributed by atoms with Crippen LogP contribution in [0.3, 0.4) is 0 Å². The van der Waals surface area contributed by atoms with Crippen molar-refractivity contribution in [3.05, 3.63) is 78.4 Å². The summed E-state index contributed by atoms with van der Waals surface area (Å²) in [5, 5.41) is 2.80. The van der Waals surface area contributed by atoms with Gasteiger partial charge in [-0.25, -0.2) is 4.99 Å². The molecule has 2 radical (unpaired) electrons. The molecule has 1 aliphatic heterocycles. The van der Waals surface area contributed by atoms with Gasteiger partial charge in [-0.1, -0.05) is 68.5 Å². The van der Waals surface area contributed by atoms with Gasteiger partial charge in [0.1, 0.15) is 0 Å². The highest BCUT2D eigenvalue weighted by atomic mass is 16.5. The van der Waals surface area contributed by atoms with Crippen molar-refractivity contribution >= 4 is 37.2 Å². The third-order valence-corrected chi connectivity index (χ3v) is 6.06. The molecule has 2 aromatic rings. The maximum Gasteiger partial charge on any atom is 0.378 e. The van der Waals surface area contributed by atoms with E-state index >= 15 is 0 Å². The van der Waals surface area contributed by atoms with Crippen LogP contribution in [-0.2, 0) is 19.0 Å². The average Bonchev–Trinajstić information content (AvgIpc) is 2.96. The number of fused-ring (bicyclic) bond motifs is 1. The number of nitrogens with zero attached hydrogens (tertiary/aromatic N) is 2. The lowest BCUT2D eigenvalue weighted by Gasteiger charge is -2.27. The largest absolute Gasteiger partial charge is 0.543 e. The molecule has 1 N–H and O–H groups in total. The van der Waals surface area contributed by atoms with Gasteiger partial charge >= 0.3 is 8.05 Å². The number of nitrogens with one attached hydrogen (secondary N) is 1. The van der Waals surface area contributed by atoms with E-state index in [4.69, 9.17) is 13.0 Å². The van der Waals surface area contributed by atoms with Crippen LogP contribution in [0.5, 0.6) is 0 Å². The van der Waals surface area contributed by atoms with Gasteiger partial charge in [0.05, 0.1) is 23.2 Å². The summed E-state index contributed by atoms with van der Waals surface area (Å²) in [4.78, 5) is 45.6. The van der Waals surface area contributed by atoms with E-state index in [1.165, 1.54) is 4.90 Å². The van der Waals surface area contributed by atoms with Gasteiger partial charge in [0, 0.05) is 18.2 Å². The number of hydrogen-bond acceptors (Lipinski definition) is 5. The van der Waals surface area contributed by atoms with Gasteiger partial charge in [-0.2, -0.15) is 0 Å². The predicted molar refractivity (Wildman–Crippen MR) is 137 cm³/mol. The summed E-state index contributed by atoms with van der Waals surface area (Å²) < 4.78 is 4.47. The summed E-state index contributed by atoms with van der Waals surface area (Å²) in [7, 11) is 6.80. The Hall–Kier alpha value is -3.68. The molecule has 0 spiro atoms. The van der Waals surface area contributed by atoms with Crippen molar-refractivity contribution in [3.8, 4) is 0 Å². The Morgan fingerprint density at radius 1 is 1.14 bits per heavy atom. The zero-order valence-corrected chi connectivity index (χ0v) is 20.3. The fourth-order valence-corrected chi connectivity index (χ4v) is 4.34. The van der Waals surface area contributed by atoms with Crippen LogP contribution in [0.15, 0.2) is 72.2 Å². The van der Waals surface area contributed by atoms with E-state index in [0.717, 1.165) is 11.1 Å². The number of aliphatic imine (C=N–C) groups is 1. The first-order valence-corrected chi connectivity index (χ1v) is 11.6. The van der Waals surface area contributed by atoms with Crippen molar-refractivity contribution in [3.63, 3.8) is 0 Å². The number of benzene rings is 2. The summed E-state index contributed by atoms with van der Waals surface area (Å²) in [6.45, 7) is 7.59. The highest BCUT2D eigenvalue weighted by Gasteiger charge is 2.37. The molecule has 7 nitrogen and oxygen atoms in total. The van der Waals surface area contributed by atoms with E-state index in [-0.39, 0.29) is 18.2 Å². The van der Waals surface area contributed by atoms with Crippen molar-refractivity contribution in [1.82, 2.24) is 5.32 Å². The molecule has 2 amide bonds. The van der Waals surface area contributed by atoms with Crippen molar-refractivity contribution in [1.29, 1.82) is 0 Å². The van der Waals surface area contributed by atoms with Gasteiger partial charge in [0.2, 0.25) is 12.1 Å². The van der Waals surface area contributed by atoms with Crippen LogP contribution < -0.4 is 10.2 Å². The monoisotopic (exact) mass is 471 g/mol. The maximum atomic E-state index is 13.5. The maximum absolute atomic E-state index is 13.5. The Balaban J connectivity index is 2.03. The predicted octanol–water partition coefficient (Wildman–Crippen LogP) is 3.42. The number of hydrogen-bond donors (Lipinski definition) is 1. The van der Waals surface area contributed by atoms with Crippen LogP contribution in [0.4, 0.5) is 5.69 Å². The molecule has 0 bridgehead atoms. The number of carbonyl (C=O) groups is 3. The van der Waals surface area contributed by atoms with Crippen molar-refractivity contribution < 1.29 is 19.0 Å². The summed E-state index contributed by atoms with van der Waals surface area (Å²) in [5.41, 5.74) is 2.87. The molecule has 2 aromatic carbocycles. The molecule has 1 aliphatic rings. The molecule has 3 rings (SSSR count). The summed E-state index contributed by atoms with van der Waals surface area (Å²) in [6.07, 6.45) is 0.979. The van der Waals surface area contributed by atoms with Crippen LogP contribution in [0, 0.1) is 17.8 Å². The molecule has 0 aromatic heterocycles. The second-order valence-electron chi connectivity index (χ2n) is 8.97. The van der Waals surface area contributed by atoms with E-state index in [1.807, 2.05) is 68.4 Å². The topological polar surface area (TPSA) is 88.1 Å². The quantitative estimate of drug-likeness (QED) is 0.449. The second-order valence-corrected chi connectivity index (χ2v) is 8.97. The molecule has 0 saturated carbocycles. The Morgan fingerprint density at radius 2 is 1.80 bits per heavy atom. The Kier molecular flexibility index (Phi) is 8.63. The molecular formula is C27H30BN3O4. The lowest BCUT2D eigenvalue weighted by Crippen LogP contribution is -2.49. The van der Waals surface area contributed by atoms with Crippen molar-refractivity contribution in [2.75, 3.05) is 11.9 Å². The molecule has 2 unspecified atom stereocenters. The molecule has 0 fully saturated rings. The summed E-state index contributed by atoms with van der Waals surface area (Å²) >= 11 is 0. The lowest BCUT2D eigenvalue weighted by atomic mass is 9.82. The van der Waals surface area contributed by atoms with Crippen LogP contribution in [0.25, 0.3) is 0 Å². The van der Waals surface area contributed by atoms with E-state index in [9.17, 15) is 14.4 Å². The van der Waals surface area contributed by atoms with E-state index < -0.39 is 29.9 Å². The third kappa shape index (κ3) is 5.88. The van der Waals surface area contributed by atoms with Crippen LogP contribution in [0.1, 0.15) is 37.8 Å². The number of amides is 2. The summed E-state index contributed by atoms with van der Waals surface area (Å²) in [5.74, 6) is -3.05. The zero-order chi connectivity index (χ0) is 25.5. The number of benzodiazepines with no additional fused rings is 1. The van der Waals surface area contributed by atoms with Crippen molar-refractivity contribution in [2.45, 2.75) is 32.9 Å². The summed E-state index contributed by atoms with van der Waals surface area (Å²) in [6, 6.07) is 17.0. The van der Waals surface area contributed by atoms with Crippen LogP contribution in [0.2, 0.25) is 0 Å². The van der Waals surface area contributed by atoms with Gasteiger partial charge in [-0.15, -0.1) is 6.58 Å². The standard InChI is InChI=1S/C27H30BN3O4/c1-5-11-19(27(34)35-28)21(16-17(2)3)25(32)30-24-26(33)31(4)22-15-10-9-14-20(22)23(29-24)18-12-7-6-8-13-18/h5-10,12-15,17,19,21,24H,1,11,16H2,2-4H3,(H,30,32)/t19-,21?,24?/m0/s1. The minimum atomic E-state index is -1.18. The van der Waals surface area contributed by atoms with Gasteiger partial charge < -0.3 is 14.9 Å². The molecule has 0 saturated heterocycles. The average molecular weight is 471 g/mol. The molecular weight excluding hydrogens is 441 g/mol. The minimum Gasteiger partial charge on any atom is -0.543 e. The fourth-order valence-electron chi connectivity index (χ4n) is 4.34. The van der Waals surface area contributed by atoms with Crippen LogP contribution >= 0.6 is 0 Å². The number of anilines is 1.